The minimum Gasteiger partial charge on any atom is -0.456 e. The Hall–Kier alpha value is -2.48. The molecule has 0 saturated carbocycles. The number of aryl methyl sites for hydroxylation is 1. The van der Waals surface area contributed by atoms with Gasteiger partial charge in [0, 0.05) is 22.2 Å². The van der Waals surface area contributed by atoms with Gasteiger partial charge in [0.1, 0.15) is 11.3 Å². The Bertz CT molecular complexity index is 809. The third kappa shape index (κ3) is 1.65. The van der Waals surface area contributed by atoms with Crippen molar-refractivity contribution in [3.05, 3.63) is 59.9 Å². The molecular weight excluding hydrogens is 246 g/mol. The van der Waals surface area contributed by atoms with E-state index in [0.717, 1.165) is 41.0 Å². The van der Waals surface area contributed by atoms with Gasteiger partial charge >= 0.3 is 0 Å². The van der Waals surface area contributed by atoms with E-state index < -0.39 is 0 Å². The zero-order valence-corrected chi connectivity index (χ0v) is 11.1. The van der Waals surface area contributed by atoms with E-state index in [1.54, 1.807) is 0 Å². The fraction of sp³-hybridized carbons (Fsp3) is 0.111. The smallest absolute Gasteiger partial charge is 0.142 e. The van der Waals surface area contributed by atoms with Gasteiger partial charge < -0.3 is 10.2 Å². The van der Waals surface area contributed by atoms with Crippen LogP contribution in [-0.2, 0) is 6.42 Å². The third-order valence-electron chi connectivity index (χ3n) is 3.90. The van der Waals surface area contributed by atoms with E-state index in [1.165, 1.54) is 10.9 Å². The summed E-state index contributed by atoms with van der Waals surface area (Å²) in [7, 11) is 0. The minimum absolute atomic E-state index is 0.780. The van der Waals surface area contributed by atoms with E-state index in [0.29, 0.717) is 0 Å². The molecule has 2 N–H and O–H groups in total. The van der Waals surface area contributed by atoms with Crippen LogP contribution in [0, 0.1) is 0 Å². The quantitative estimate of drug-likeness (QED) is 0.648. The van der Waals surface area contributed by atoms with Crippen LogP contribution in [0.2, 0.25) is 0 Å². The van der Waals surface area contributed by atoms with Crippen LogP contribution in [0.25, 0.3) is 28.2 Å². The highest BCUT2D eigenvalue weighted by Crippen LogP contribution is 2.36. The number of furan rings is 1. The lowest BCUT2D eigenvalue weighted by atomic mass is 9.98. The zero-order chi connectivity index (χ0) is 13.5. The molecule has 0 saturated heterocycles. The summed E-state index contributed by atoms with van der Waals surface area (Å²) in [6.07, 6.45) is 6.41. The lowest BCUT2D eigenvalue weighted by Gasteiger charge is -2.04. The van der Waals surface area contributed by atoms with Crippen molar-refractivity contribution in [2.75, 3.05) is 5.73 Å². The van der Waals surface area contributed by atoms with Gasteiger partial charge in [-0.2, -0.15) is 0 Å². The second kappa shape index (κ2) is 4.27. The molecule has 0 aliphatic heterocycles. The molecule has 4 rings (SSSR count). The summed E-state index contributed by atoms with van der Waals surface area (Å²) in [5.74, 6) is 1.01. The molecule has 0 atom stereocenters. The highest BCUT2D eigenvalue weighted by atomic mass is 16.3. The first kappa shape index (κ1) is 11.4. The molecule has 0 bridgehead atoms. The molecule has 2 aromatic carbocycles. The second-order valence-corrected chi connectivity index (χ2v) is 5.19. The molecule has 1 aliphatic carbocycles. The molecule has 0 radical (unpaired) electrons. The maximum atomic E-state index is 6.09. The maximum Gasteiger partial charge on any atom is 0.142 e. The topological polar surface area (TPSA) is 39.2 Å². The zero-order valence-electron chi connectivity index (χ0n) is 11.1. The average Bonchev–Trinajstić information content (AvgIpc) is 2.87. The monoisotopic (exact) mass is 261 g/mol. The number of nitrogen functional groups attached to an aromatic ring is 1. The molecule has 0 fully saturated rings. The van der Waals surface area contributed by atoms with Crippen LogP contribution in [-0.4, -0.2) is 0 Å². The molecule has 0 unspecified atom stereocenters. The molecule has 0 amide bonds. The molecule has 20 heavy (non-hydrogen) atoms. The average molecular weight is 261 g/mol. The standard InChI is InChI=1S/C18H15NO/c19-13-10-8-12(9-11-13)14-5-3-6-16-15-4-1-2-7-17(15)20-18(14)16/h2-3,5-11H,1,4,19H2. The van der Waals surface area contributed by atoms with Crippen LogP contribution < -0.4 is 5.73 Å². The highest BCUT2D eigenvalue weighted by molar-refractivity contribution is 5.96. The Labute approximate surface area is 117 Å². The Morgan fingerprint density at radius 3 is 2.70 bits per heavy atom. The van der Waals surface area contributed by atoms with Crippen molar-refractivity contribution >= 4 is 22.7 Å². The number of hydrogen-bond acceptors (Lipinski definition) is 2. The first-order valence-corrected chi connectivity index (χ1v) is 6.90. The fourth-order valence-corrected chi connectivity index (χ4v) is 2.89. The van der Waals surface area contributed by atoms with Gasteiger partial charge in [-0.15, -0.1) is 0 Å². The van der Waals surface area contributed by atoms with Gasteiger partial charge in [0.25, 0.3) is 0 Å². The van der Waals surface area contributed by atoms with Gasteiger partial charge in [-0.3, -0.25) is 0 Å². The van der Waals surface area contributed by atoms with Crippen LogP contribution in [0.3, 0.4) is 0 Å². The van der Waals surface area contributed by atoms with Gasteiger partial charge in [-0.1, -0.05) is 36.4 Å². The number of anilines is 1. The summed E-state index contributed by atoms with van der Waals surface area (Å²) in [6, 6.07) is 14.3. The van der Waals surface area contributed by atoms with Gasteiger partial charge in [0.2, 0.25) is 0 Å². The Kier molecular flexibility index (Phi) is 2.43. The number of fused-ring (bicyclic) bond motifs is 3. The Morgan fingerprint density at radius 1 is 1.00 bits per heavy atom. The second-order valence-electron chi connectivity index (χ2n) is 5.19. The van der Waals surface area contributed by atoms with Crippen LogP contribution in [0.4, 0.5) is 5.69 Å². The summed E-state index contributed by atoms with van der Waals surface area (Å²) < 4.78 is 6.09. The van der Waals surface area contributed by atoms with Crippen LogP contribution >= 0.6 is 0 Å². The SMILES string of the molecule is Nc1ccc(-c2cccc3c4c(oc23)C=CCC4)cc1. The number of para-hydroxylation sites is 1. The maximum absolute atomic E-state index is 6.09. The van der Waals surface area contributed by atoms with Crippen molar-refractivity contribution in [2.45, 2.75) is 12.8 Å². The number of rotatable bonds is 1. The normalized spacial score (nSPS) is 13.6. The van der Waals surface area contributed by atoms with E-state index >= 15 is 0 Å². The Balaban J connectivity index is 1.98. The Morgan fingerprint density at radius 2 is 1.85 bits per heavy atom. The number of allylic oxidation sites excluding steroid dienone is 1. The van der Waals surface area contributed by atoms with Gasteiger partial charge in [0.05, 0.1) is 0 Å². The van der Waals surface area contributed by atoms with Crippen LogP contribution in [0.5, 0.6) is 0 Å². The summed E-state index contributed by atoms with van der Waals surface area (Å²) >= 11 is 0. The number of hydrogen-bond donors (Lipinski definition) is 1. The molecule has 2 heteroatoms. The first-order valence-electron chi connectivity index (χ1n) is 6.90. The summed E-state index contributed by atoms with van der Waals surface area (Å²) in [5, 5.41) is 1.23. The van der Waals surface area contributed by atoms with E-state index in [9.17, 15) is 0 Å². The van der Waals surface area contributed by atoms with E-state index in [2.05, 4.69) is 30.4 Å². The van der Waals surface area contributed by atoms with E-state index in [4.69, 9.17) is 10.2 Å². The molecule has 2 nitrogen and oxygen atoms in total. The van der Waals surface area contributed by atoms with Crippen molar-refractivity contribution in [1.29, 1.82) is 0 Å². The predicted octanol–water partition coefficient (Wildman–Crippen LogP) is 4.64. The fourth-order valence-electron chi connectivity index (χ4n) is 2.89. The highest BCUT2D eigenvalue weighted by Gasteiger charge is 2.17. The molecule has 98 valence electrons. The summed E-state index contributed by atoms with van der Waals surface area (Å²) in [6.45, 7) is 0. The van der Waals surface area contributed by atoms with Crippen LogP contribution in [0.1, 0.15) is 17.7 Å². The van der Waals surface area contributed by atoms with Crippen molar-refractivity contribution in [3.8, 4) is 11.1 Å². The van der Waals surface area contributed by atoms with Crippen molar-refractivity contribution in [3.63, 3.8) is 0 Å². The van der Waals surface area contributed by atoms with E-state index in [-0.39, 0.29) is 0 Å². The first-order chi connectivity index (χ1) is 9.83. The molecule has 0 spiro atoms. The lowest BCUT2D eigenvalue weighted by Crippen LogP contribution is -1.89. The van der Waals surface area contributed by atoms with Gasteiger partial charge in [-0.05, 0) is 36.6 Å². The molecular formula is C18H15NO. The van der Waals surface area contributed by atoms with Crippen LogP contribution in [0.15, 0.2) is 53.0 Å². The molecule has 1 heterocycles. The summed E-state index contributed by atoms with van der Waals surface area (Å²) in [5.41, 5.74) is 11.1. The van der Waals surface area contributed by atoms with Crippen molar-refractivity contribution in [2.24, 2.45) is 0 Å². The summed E-state index contributed by atoms with van der Waals surface area (Å²) in [4.78, 5) is 0. The number of nitrogens with two attached hydrogens (primary N) is 1. The van der Waals surface area contributed by atoms with Gasteiger partial charge in [-0.25, -0.2) is 0 Å². The molecule has 1 aromatic heterocycles. The minimum atomic E-state index is 0.780. The molecule has 3 aromatic rings. The van der Waals surface area contributed by atoms with Crippen molar-refractivity contribution in [1.82, 2.24) is 0 Å². The van der Waals surface area contributed by atoms with Crippen molar-refractivity contribution < 1.29 is 4.42 Å². The molecule has 1 aliphatic rings. The lowest BCUT2D eigenvalue weighted by molar-refractivity contribution is 0.596. The third-order valence-corrected chi connectivity index (χ3v) is 3.90. The predicted molar refractivity (Wildman–Crippen MR) is 83.4 cm³/mol. The largest absolute Gasteiger partial charge is 0.456 e. The van der Waals surface area contributed by atoms with Gasteiger partial charge in [0.15, 0.2) is 0 Å². The number of benzene rings is 2. The van der Waals surface area contributed by atoms with E-state index in [1.807, 2.05) is 24.3 Å².